The summed E-state index contributed by atoms with van der Waals surface area (Å²) in [6, 6.07) is 0.132. The molecule has 2 unspecified atom stereocenters. The third-order valence-corrected chi connectivity index (χ3v) is 1.87. The Hall–Kier alpha value is -0.0900. The van der Waals surface area contributed by atoms with E-state index in [-0.39, 0.29) is 6.04 Å². The predicted octanol–water partition coefficient (Wildman–Crippen LogP) is 1.15. The molecule has 4 heteroatoms. The van der Waals surface area contributed by atoms with E-state index in [1.807, 2.05) is 6.92 Å². The van der Waals surface area contributed by atoms with Crippen molar-refractivity contribution in [3.63, 3.8) is 0 Å². The molecule has 0 saturated heterocycles. The van der Waals surface area contributed by atoms with Gasteiger partial charge < -0.3 is 0 Å². The maximum Gasteiger partial charge on any atom is 0.102 e. The smallest absolute Gasteiger partial charge is 0.102 e. The molecule has 0 aromatic heterocycles. The summed E-state index contributed by atoms with van der Waals surface area (Å²) in [6.45, 7) is 4.00. The molecule has 0 heterocycles. The van der Waals surface area contributed by atoms with E-state index in [0.29, 0.717) is 0 Å². The van der Waals surface area contributed by atoms with E-state index < -0.39 is 9.92 Å². The second kappa shape index (κ2) is 3.93. The molecule has 2 N–H and O–H groups in total. The summed E-state index contributed by atoms with van der Waals surface area (Å²) in [5, 5.41) is 5.23. The van der Waals surface area contributed by atoms with Crippen molar-refractivity contribution in [1.82, 2.24) is 0 Å². The molecule has 0 spiro atoms. The lowest BCUT2D eigenvalue weighted by molar-refractivity contribution is 0.642. The fourth-order valence-electron chi connectivity index (χ4n) is 0.828. The number of hydrogen-bond donors (Lipinski definition) is 1. The zero-order valence-electron chi connectivity index (χ0n) is 6.83. The average molecular weight is 164 g/mol. The SMILES string of the molecule is CCCC(C)N=S(C)(N)=O. The molecule has 0 saturated carbocycles. The van der Waals surface area contributed by atoms with Crippen LogP contribution in [0.4, 0.5) is 0 Å². The zero-order valence-corrected chi connectivity index (χ0v) is 7.65. The van der Waals surface area contributed by atoms with E-state index in [1.54, 1.807) is 0 Å². The topological polar surface area (TPSA) is 55.4 Å². The monoisotopic (exact) mass is 164 g/mol. The van der Waals surface area contributed by atoms with Crippen LogP contribution in [0.5, 0.6) is 0 Å². The molecule has 0 rings (SSSR count). The van der Waals surface area contributed by atoms with Gasteiger partial charge in [0.25, 0.3) is 0 Å². The first-order chi connectivity index (χ1) is 4.45. The molecule has 0 aliphatic carbocycles. The lowest BCUT2D eigenvalue weighted by Gasteiger charge is -2.03. The Morgan fingerprint density at radius 3 is 2.50 bits per heavy atom. The van der Waals surface area contributed by atoms with Gasteiger partial charge in [0.1, 0.15) is 9.92 Å². The van der Waals surface area contributed by atoms with Crippen molar-refractivity contribution < 1.29 is 4.21 Å². The fraction of sp³-hybridized carbons (Fsp3) is 1.00. The van der Waals surface area contributed by atoms with Crippen molar-refractivity contribution >= 4 is 9.92 Å². The summed E-state index contributed by atoms with van der Waals surface area (Å²) in [6.07, 6.45) is 3.47. The van der Waals surface area contributed by atoms with Crippen LogP contribution in [0.3, 0.4) is 0 Å². The summed E-state index contributed by atoms with van der Waals surface area (Å²) in [5.41, 5.74) is 0. The predicted molar refractivity (Wildman–Crippen MR) is 45.1 cm³/mol. The molecule has 0 fully saturated rings. The molecule has 2 atom stereocenters. The average Bonchev–Trinajstić information content (AvgIpc) is 1.59. The second-order valence-corrected chi connectivity index (χ2v) is 4.54. The zero-order chi connectivity index (χ0) is 8.20. The molecule has 0 aliphatic heterocycles. The molecule has 0 aromatic rings. The highest BCUT2D eigenvalue weighted by Gasteiger charge is 1.98. The molecule has 0 amide bonds. The Kier molecular flexibility index (Phi) is 3.89. The molecular formula is C6H16N2OS. The Labute approximate surface area is 63.3 Å². The maximum atomic E-state index is 10.9. The number of hydrogen-bond acceptors (Lipinski definition) is 2. The first-order valence-electron chi connectivity index (χ1n) is 3.44. The van der Waals surface area contributed by atoms with Crippen LogP contribution in [-0.2, 0) is 9.92 Å². The van der Waals surface area contributed by atoms with Gasteiger partial charge in [-0.2, -0.15) is 0 Å². The quantitative estimate of drug-likeness (QED) is 0.668. The minimum atomic E-state index is -2.37. The van der Waals surface area contributed by atoms with Gasteiger partial charge in [0.05, 0.1) is 6.04 Å². The summed E-state index contributed by atoms with van der Waals surface area (Å²) >= 11 is 0. The highest BCUT2D eigenvalue weighted by atomic mass is 32.2. The van der Waals surface area contributed by atoms with Crippen LogP contribution in [0.25, 0.3) is 0 Å². The van der Waals surface area contributed by atoms with Crippen LogP contribution in [0.1, 0.15) is 26.7 Å². The third-order valence-electron chi connectivity index (χ3n) is 1.10. The van der Waals surface area contributed by atoms with Gasteiger partial charge in [-0.25, -0.2) is 13.7 Å². The van der Waals surface area contributed by atoms with Crippen molar-refractivity contribution in [1.29, 1.82) is 0 Å². The van der Waals surface area contributed by atoms with E-state index in [1.165, 1.54) is 6.26 Å². The number of nitrogens with two attached hydrogens (primary N) is 1. The van der Waals surface area contributed by atoms with Gasteiger partial charge in [-0.15, -0.1) is 0 Å². The maximum absolute atomic E-state index is 10.9. The number of rotatable bonds is 3. The largest absolute Gasteiger partial charge is 0.245 e. The standard InChI is InChI=1S/C6H16N2OS/c1-4-5-6(2)8-10(3,7)9/h6H,4-5H2,1-3H3,(H2,7,8,9). The van der Waals surface area contributed by atoms with Gasteiger partial charge in [0.2, 0.25) is 0 Å². The van der Waals surface area contributed by atoms with Gasteiger partial charge in [-0.3, -0.25) is 0 Å². The Balaban J connectivity index is 4.01. The van der Waals surface area contributed by atoms with Crippen molar-refractivity contribution in [2.45, 2.75) is 32.7 Å². The molecule has 3 nitrogen and oxygen atoms in total. The van der Waals surface area contributed by atoms with Crippen LogP contribution in [0.15, 0.2) is 4.36 Å². The minimum Gasteiger partial charge on any atom is -0.245 e. The van der Waals surface area contributed by atoms with E-state index in [9.17, 15) is 4.21 Å². The van der Waals surface area contributed by atoms with Gasteiger partial charge >= 0.3 is 0 Å². The Morgan fingerprint density at radius 2 is 2.20 bits per heavy atom. The van der Waals surface area contributed by atoms with Gasteiger partial charge in [0.15, 0.2) is 0 Å². The lowest BCUT2D eigenvalue weighted by Crippen LogP contribution is -2.12. The van der Waals surface area contributed by atoms with Crippen LogP contribution >= 0.6 is 0 Å². The van der Waals surface area contributed by atoms with Crippen molar-refractivity contribution in [2.75, 3.05) is 6.26 Å². The summed E-state index contributed by atoms with van der Waals surface area (Å²) in [5.74, 6) is 0. The molecule has 0 aromatic carbocycles. The van der Waals surface area contributed by atoms with Gasteiger partial charge in [-0.05, 0) is 13.3 Å². The van der Waals surface area contributed by atoms with E-state index in [4.69, 9.17) is 5.14 Å². The molecule has 0 radical (unpaired) electrons. The van der Waals surface area contributed by atoms with Crippen molar-refractivity contribution in [3.05, 3.63) is 0 Å². The number of nitrogens with zero attached hydrogens (tertiary/aromatic N) is 1. The van der Waals surface area contributed by atoms with Gasteiger partial charge in [0, 0.05) is 6.26 Å². The molecule has 0 bridgehead atoms. The van der Waals surface area contributed by atoms with Crippen molar-refractivity contribution in [3.8, 4) is 0 Å². The summed E-state index contributed by atoms with van der Waals surface area (Å²) < 4.78 is 14.8. The molecule has 0 aliphatic rings. The van der Waals surface area contributed by atoms with E-state index in [2.05, 4.69) is 11.3 Å². The normalized spacial score (nSPS) is 19.6. The first-order valence-corrected chi connectivity index (χ1v) is 5.43. The Bertz CT molecular complexity index is 186. The lowest BCUT2D eigenvalue weighted by atomic mass is 10.2. The van der Waals surface area contributed by atoms with Crippen LogP contribution in [0, 0.1) is 0 Å². The Morgan fingerprint density at radius 1 is 1.70 bits per heavy atom. The highest BCUT2D eigenvalue weighted by molar-refractivity contribution is 7.90. The van der Waals surface area contributed by atoms with Crippen LogP contribution < -0.4 is 5.14 Å². The summed E-state index contributed by atoms with van der Waals surface area (Å²) in [4.78, 5) is 0. The van der Waals surface area contributed by atoms with Crippen molar-refractivity contribution in [2.24, 2.45) is 9.50 Å². The summed E-state index contributed by atoms with van der Waals surface area (Å²) in [7, 11) is -2.37. The highest BCUT2D eigenvalue weighted by Crippen LogP contribution is 2.01. The van der Waals surface area contributed by atoms with Crippen LogP contribution in [0.2, 0.25) is 0 Å². The van der Waals surface area contributed by atoms with Crippen LogP contribution in [-0.4, -0.2) is 16.5 Å². The van der Waals surface area contributed by atoms with E-state index in [0.717, 1.165) is 12.8 Å². The molecular weight excluding hydrogens is 148 g/mol. The first kappa shape index (κ1) is 9.91. The molecule has 10 heavy (non-hydrogen) atoms. The fourth-order valence-corrected chi connectivity index (χ4v) is 1.65. The minimum absolute atomic E-state index is 0.132. The third kappa shape index (κ3) is 6.04. The van der Waals surface area contributed by atoms with Gasteiger partial charge in [-0.1, -0.05) is 13.3 Å². The second-order valence-electron chi connectivity index (χ2n) is 2.60. The van der Waals surface area contributed by atoms with E-state index >= 15 is 0 Å². The molecule has 62 valence electrons.